The van der Waals surface area contributed by atoms with Crippen molar-refractivity contribution < 1.29 is 23.5 Å². The van der Waals surface area contributed by atoms with Crippen LogP contribution in [0.1, 0.15) is 64.7 Å². The van der Waals surface area contributed by atoms with Gasteiger partial charge in [0.25, 0.3) is 0 Å². The van der Waals surface area contributed by atoms with E-state index in [2.05, 4.69) is 4.74 Å². The van der Waals surface area contributed by atoms with E-state index < -0.39 is 11.9 Å². The summed E-state index contributed by atoms with van der Waals surface area (Å²) in [5.41, 5.74) is 0.770. The van der Waals surface area contributed by atoms with Crippen LogP contribution in [0.5, 0.6) is 0 Å². The number of rotatable bonds is 3. The van der Waals surface area contributed by atoms with Gasteiger partial charge >= 0.3 is 11.9 Å². The summed E-state index contributed by atoms with van der Waals surface area (Å²) in [6, 6.07) is 1.62. The van der Waals surface area contributed by atoms with E-state index in [4.69, 9.17) is 9.15 Å². The van der Waals surface area contributed by atoms with E-state index >= 15 is 0 Å². The second-order valence-electron chi connectivity index (χ2n) is 4.71. The van der Waals surface area contributed by atoms with Crippen LogP contribution in [0.4, 0.5) is 0 Å². The van der Waals surface area contributed by atoms with Crippen LogP contribution in [-0.2, 0) is 9.47 Å². The summed E-state index contributed by atoms with van der Waals surface area (Å²) in [7, 11) is 2.58. The third kappa shape index (κ3) is 2.80. The molecule has 5 nitrogen and oxygen atoms in total. The van der Waals surface area contributed by atoms with Crippen LogP contribution in [0.15, 0.2) is 10.5 Å². The Morgan fingerprint density at radius 2 is 1.74 bits per heavy atom. The monoisotopic (exact) mass is 266 g/mol. The maximum Gasteiger partial charge on any atom is 0.374 e. The lowest BCUT2D eigenvalue weighted by Crippen LogP contribution is -2.09. The number of carbonyl (C=O) groups is 2. The van der Waals surface area contributed by atoms with Gasteiger partial charge in [-0.25, -0.2) is 9.59 Å². The third-order valence-electron chi connectivity index (χ3n) is 3.56. The molecule has 0 saturated heterocycles. The molecule has 0 bridgehead atoms. The van der Waals surface area contributed by atoms with E-state index in [-0.39, 0.29) is 17.4 Å². The van der Waals surface area contributed by atoms with Crippen molar-refractivity contribution in [3.8, 4) is 0 Å². The standard InChI is InChI=1S/C14H18O5/c1-17-13(15)11-8-10(9-6-4-3-5-7-9)12(19-11)14(16)18-2/h8-9H,3-7H2,1-2H3. The Morgan fingerprint density at radius 1 is 1.11 bits per heavy atom. The molecule has 0 atom stereocenters. The molecule has 0 spiro atoms. The zero-order chi connectivity index (χ0) is 13.8. The van der Waals surface area contributed by atoms with Crippen molar-refractivity contribution in [3.63, 3.8) is 0 Å². The first kappa shape index (κ1) is 13.6. The lowest BCUT2D eigenvalue weighted by molar-refractivity contribution is 0.0529. The van der Waals surface area contributed by atoms with Crippen LogP contribution in [0, 0.1) is 0 Å². The highest BCUT2D eigenvalue weighted by Gasteiger charge is 2.28. The number of esters is 2. The number of carbonyl (C=O) groups excluding carboxylic acids is 2. The maximum absolute atomic E-state index is 11.7. The van der Waals surface area contributed by atoms with Gasteiger partial charge in [0.2, 0.25) is 11.5 Å². The molecule has 19 heavy (non-hydrogen) atoms. The molecule has 1 aliphatic rings. The second-order valence-corrected chi connectivity index (χ2v) is 4.71. The first-order chi connectivity index (χ1) is 9.17. The average Bonchev–Trinajstić information content (AvgIpc) is 2.91. The highest BCUT2D eigenvalue weighted by molar-refractivity contribution is 5.92. The summed E-state index contributed by atoms with van der Waals surface area (Å²) in [6.07, 6.45) is 5.48. The first-order valence-corrected chi connectivity index (χ1v) is 6.47. The van der Waals surface area contributed by atoms with Gasteiger partial charge in [-0.15, -0.1) is 0 Å². The van der Waals surface area contributed by atoms with Crippen LogP contribution in [0.2, 0.25) is 0 Å². The summed E-state index contributed by atoms with van der Waals surface area (Å²) in [4.78, 5) is 23.2. The minimum Gasteiger partial charge on any atom is -0.463 e. The first-order valence-electron chi connectivity index (χ1n) is 6.47. The molecule has 5 heteroatoms. The maximum atomic E-state index is 11.7. The predicted octanol–water partition coefficient (Wildman–Crippen LogP) is 2.90. The molecule has 0 aromatic carbocycles. The highest BCUT2D eigenvalue weighted by Crippen LogP contribution is 2.36. The van der Waals surface area contributed by atoms with Gasteiger partial charge in [-0.1, -0.05) is 19.3 Å². The summed E-state index contributed by atoms with van der Waals surface area (Å²) >= 11 is 0. The van der Waals surface area contributed by atoms with Crippen LogP contribution >= 0.6 is 0 Å². The number of furan rings is 1. The fourth-order valence-electron chi connectivity index (χ4n) is 2.58. The highest BCUT2D eigenvalue weighted by atomic mass is 16.5. The zero-order valence-electron chi connectivity index (χ0n) is 11.2. The molecular formula is C14H18O5. The Bertz CT molecular complexity index is 468. The van der Waals surface area contributed by atoms with Gasteiger partial charge in [0, 0.05) is 5.56 Å². The van der Waals surface area contributed by atoms with Crippen molar-refractivity contribution in [1.82, 2.24) is 0 Å². The van der Waals surface area contributed by atoms with Gasteiger partial charge in [-0.3, -0.25) is 0 Å². The molecule has 1 fully saturated rings. The molecule has 1 saturated carbocycles. The Kier molecular flexibility index (Phi) is 4.24. The Morgan fingerprint density at radius 3 is 2.32 bits per heavy atom. The van der Waals surface area contributed by atoms with E-state index in [1.54, 1.807) is 6.07 Å². The van der Waals surface area contributed by atoms with Gasteiger partial charge in [0.15, 0.2) is 0 Å². The van der Waals surface area contributed by atoms with Crippen molar-refractivity contribution in [2.24, 2.45) is 0 Å². The average molecular weight is 266 g/mol. The van der Waals surface area contributed by atoms with Gasteiger partial charge in [-0.05, 0) is 24.8 Å². The SMILES string of the molecule is COC(=O)c1cc(C2CCCCC2)c(C(=O)OC)o1. The van der Waals surface area contributed by atoms with E-state index in [1.807, 2.05) is 0 Å². The molecular weight excluding hydrogens is 248 g/mol. The van der Waals surface area contributed by atoms with E-state index in [1.165, 1.54) is 20.6 Å². The second kappa shape index (κ2) is 5.91. The number of methoxy groups -OCH3 is 2. The van der Waals surface area contributed by atoms with E-state index in [0.29, 0.717) is 0 Å². The smallest absolute Gasteiger partial charge is 0.374 e. The fraction of sp³-hybridized carbons (Fsp3) is 0.571. The van der Waals surface area contributed by atoms with Crippen molar-refractivity contribution in [1.29, 1.82) is 0 Å². The normalized spacial score (nSPS) is 16.1. The molecule has 1 aromatic rings. The van der Waals surface area contributed by atoms with Crippen LogP contribution in [-0.4, -0.2) is 26.2 Å². The van der Waals surface area contributed by atoms with Gasteiger partial charge in [-0.2, -0.15) is 0 Å². The molecule has 1 heterocycles. The van der Waals surface area contributed by atoms with E-state index in [9.17, 15) is 9.59 Å². The summed E-state index contributed by atoms with van der Waals surface area (Å²) in [6.45, 7) is 0. The molecule has 0 N–H and O–H groups in total. The summed E-state index contributed by atoms with van der Waals surface area (Å²) < 4.78 is 14.7. The molecule has 104 valence electrons. The van der Waals surface area contributed by atoms with Crippen molar-refractivity contribution >= 4 is 11.9 Å². The fourth-order valence-corrected chi connectivity index (χ4v) is 2.58. The summed E-state index contributed by atoms with van der Waals surface area (Å²) in [5, 5.41) is 0. The topological polar surface area (TPSA) is 65.7 Å². The lowest BCUT2D eigenvalue weighted by atomic mass is 9.84. The van der Waals surface area contributed by atoms with Crippen molar-refractivity contribution in [2.45, 2.75) is 38.0 Å². The Balaban J connectivity index is 2.35. The molecule has 0 radical (unpaired) electrons. The Hall–Kier alpha value is -1.78. The van der Waals surface area contributed by atoms with Crippen LogP contribution < -0.4 is 0 Å². The number of hydrogen-bond acceptors (Lipinski definition) is 5. The van der Waals surface area contributed by atoms with Crippen molar-refractivity contribution in [2.75, 3.05) is 14.2 Å². The van der Waals surface area contributed by atoms with Crippen LogP contribution in [0.25, 0.3) is 0 Å². The van der Waals surface area contributed by atoms with Crippen LogP contribution in [0.3, 0.4) is 0 Å². The molecule has 2 rings (SSSR count). The summed E-state index contributed by atoms with van der Waals surface area (Å²) in [5.74, 6) is -0.675. The predicted molar refractivity (Wildman–Crippen MR) is 67.2 cm³/mol. The third-order valence-corrected chi connectivity index (χ3v) is 3.56. The zero-order valence-corrected chi connectivity index (χ0v) is 11.2. The Labute approximate surface area is 111 Å². The quantitative estimate of drug-likeness (QED) is 0.787. The molecule has 1 aliphatic carbocycles. The molecule has 1 aromatic heterocycles. The lowest BCUT2D eigenvalue weighted by Gasteiger charge is -2.20. The number of ether oxygens (including phenoxy) is 2. The molecule has 0 aliphatic heterocycles. The van der Waals surface area contributed by atoms with Crippen molar-refractivity contribution in [3.05, 3.63) is 23.2 Å². The minimum absolute atomic E-state index is 0.0588. The van der Waals surface area contributed by atoms with E-state index in [0.717, 1.165) is 31.2 Å². The number of hydrogen-bond donors (Lipinski definition) is 0. The van der Waals surface area contributed by atoms with Gasteiger partial charge < -0.3 is 13.9 Å². The molecule has 0 amide bonds. The molecule has 0 unspecified atom stereocenters. The minimum atomic E-state index is -0.577. The largest absolute Gasteiger partial charge is 0.463 e. The van der Waals surface area contributed by atoms with Gasteiger partial charge in [0.1, 0.15) is 0 Å². The van der Waals surface area contributed by atoms with Gasteiger partial charge in [0.05, 0.1) is 14.2 Å².